The number of hydrogen-bond donors (Lipinski definition) is 4. The number of phenols is 2. The fraction of sp³-hybridized carbons (Fsp3) is 0.111. The fourth-order valence-electron chi connectivity index (χ4n) is 0.938. The summed E-state index contributed by atoms with van der Waals surface area (Å²) in [5, 5.41) is 36.8. The molecule has 13 heavy (non-hydrogen) atoms. The van der Waals surface area contributed by atoms with Crippen LogP contribution < -0.4 is 0 Å². The lowest BCUT2D eigenvalue weighted by molar-refractivity contribution is -0.126. The summed E-state index contributed by atoms with van der Waals surface area (Å²) in [6, 6.07) is 3.89. The first-order valence-electron chi connectivity index (χ1n) is 3.59. The molecule has 1 aromatic carbocycles. The first kappa shape index (κ1) is 9.57. The summed E-state index contributed by atoms with van der Waals surface area (Å²) in [5.74, 6) is -3.30. The zero-order chi connectivity index (χ0) is 10.1. The van der Waals surface area contributed by atoms with Gasteiger partial charge in [-0.1, -0.05) is 12.6 Å². The molecule has 0 fully saturated rings. The SMILES string of the molecule is C=CC(O)(O)c1cccc(O)c1O. The number of aromatic hydroxyl groups is 2. The van der Waals surface area contributed by atoms with Crippen LogP contribution in [0, 0.1) is 0 Å². The van der Waals surface area contributed by atoms with Crippen LogP contribution in [0.3, 0.4) is 0 Å². The summed E-state index contributed by atoms with van der Waals surface area (Å²) < 4.78 is 0. The highest BCUT2D eigenvalue weighted by Crippen LogP contribution is 2.34. The number of hydrogen-bond acceptors (Lipinski definition) is 4. The Kier molecular flexibility index (Phi) is 2.27. The molecule has 4 N–H and O–H groups in total. The quantitative estimate of drug-likeness (QED) is 0.303. The Morgan fingerprint density at radius 3 is 2.38 bits per heavy atom. The molecule has 70 valence electrons. The maximum absolute atomic E-state index is 9.27. The van der Waals surface area contributed by atoms with Crippen LogP contribution >= 0.6 is 0 Å². The minimum absolute atomic E-state index is 0.206. The topological polar surface area (TPSA) is 80.9 Å². The molecule has 0 bridgehead atoms. The fourth-order valence-corrected chi connectivity index (χ4v) is 0.938. The highest BCUT2D eigenvalue weighted by atomic mass is 16.5. The van der Waals surface area contributed by atoms with Crippen LogP contribution in [-0.4, -0.2) is 20.4 Å². The Bertz CT molecular complexity index is 330. The molecule has 0 saturated heterocycles. The van der Waals surface area contributed by atoms with Gasteiger partial charge in [-0.3, -0.25) is 0 Å². The zero-order valence-corrected chi connectivity index (χ0v) is 6.81. The molecule has 4 heteroatoms. The van der Waals surface area contributed by atoms with E-state index in [1.807, 2.05) is 0 Å². The number of benzene rings is 1. The molecule has 0 aliphatic heterocycles. The average Bonchev–Trinajstić information content (AvgIpc) is 2.09. The van der Waals surface area contributed by atoms with Crippen LogP contribution in [0.4, 0.5) is 0 Å². The van der Waals surface area contributed by atoms with Gasteiger partial charge in [-0.25, -0.2) is 0 Å². The van der Waals surface area contributed by atoms with Gasteiger partial charge in [0.1, 0.15) is 0 Å². The third-order valence-corrected chi connectivity index (χ3v) is 1.70. The maximum Gasteiger partial charge on any atom is 0.213 e. The Hall–Kier alpha value is -1.52. The third-order valence-electron chi connectivity index (χ3n) is 1.70. The van der Waals surface area contributed by atoms with Crippen LogP contribution in [0.1, 0.15) is 5.56 Å². The van der Waals surface area contributed by atoms with Gasteiger partial charge < -0.3 is 20.4 Å². The second kappa shape index (κ2) is 3.08. The van der Waals surface area contributed by atoms with Gasteiger partial charge in [-0.05, 0) is 18.2 Å². The monoisotopic (exact) mass is 182 g/mol. The summed E-state index contributed by atoms with van der Waals surface area (Å²) in [5.41, 5.74) is -0.206. The van der Waals surface area contributed by atoms with E-state index in [2.05, 4.69) is 6.58 Å². The molecule has 0 unspecified atom stereocenters. The van der Waals surface area contributed by atoms with Crippen molar-refractivity contribution in [2.24, 2.45) is 0 Å². The Morgan fingerprint density at radius 2 is 1.85 bits per heavy atom. The molecule has 0 aromatic heterocycles. The maximum atomic E-state index is 9.27. The van der Waals surface area contributed by atoms with Gasteiger partial charge in [0.05, 0.1) is 5.56 Å². The van der Waals surface area contributed by atoms with Crippen molar-refractivity contribution in [3.8, 4) is 11.5 Å². The second-order valence-corrected chi connectivity index (χ2v) is 2.60. The van der Waals surface area contributed by atoms with Crippen LogP contribution in [0.2, 0.25) is 0 Å². The molecule has 1 rings (SSSR count). The van der Waals surface area contributed by atoms with Crippen LogP contribution in [0.5, 0.6) is 11.5 Å². The minimum Gasteiger partial charge on any atom is -0.504 e. The lowest BCUT2D eigenvalue weighted by Crippen LogP contribution is -2.21. The van der Waals surface area contributed by atoms with Crippen molar-refractivity contribution in [2.45, 2.75) is 5.79 Å². The van der Waals surface area contributed by atoms with Gasteiger partial charge in [0.15, 0.2) is 11.5 Å². The number of phenolic OH excluding ortho intramolecular Hbond substituents is 2. The Labute approximate surface area is 75.0 Å². The molecule has 0 atom stereocenters. The van der Waals surface area contributed by atoms with Crippen LogP contribution in [0.25, 0.3) is 0 Å². The van der Waals surface area contributed by atoms with Crippen molar-refractivity contribution >= 4 is 0 Å². The van der Waals surface area contributed by atoms with Gasteiger partial charge in [-0.15, -0.1) is 0 Å². The normalized spacial score (nSPS) is 11.2. The Morgan fingerprint density at radius 1 is 1.23 bits per heavy atom. The van der Waals surface area contributed by atoms with E-state index in [0.29, 0.717) is 0 Å². The molecule has 0 radical (unpaired) electrons. The average molecular weight is 182 g/mol. The smallest absolute Gasteiger partial charge is 0.213 e. The molecule has 0 aliphatic rings. The van der Waals surface area contributed by atoms with Crippen LogP contribution in [0.15, 0.2) is 30.9 Å². The van der Waals surface area contributed by atoms with E-state index in [1.54, 1.807) is 0 Å². The first-order valence-corrected chi connectivity index (χ1v) is 3.59. The van der Waals surface area contributed by atoms with E-state index in [0.717, 1.165) is 6.08 Å². The highest BCUT2D eigenvalue weighted by Gasteiger charge is 2.26. The van der Waals surface area contributed by atoms with Crippen molar-refractivity contribution in [1.82, 2.24) is 0 Å². The van der Waals surface area contributed by atoms with Crippen molar-refractivity contribution in [3.05, 3.63) is 36.4 Å². The molecule has 1 aromatic rings. The summed E-state index contributed by atoms with van der Waals surface area (Å²) in [7, 11) is 0. The molecule has 0 aliphatic carbocycles. The van der Waals surface area contributed by atoms with Crippen molar-refractivity contribution < 1.29 is 20.4 Å². The van der Waals surface area contributed by atoms with Gasteiger partial charge in [0.2, 0.25) is 5.79 Å². The van der Waals surface area contributed by atoms with E-state index in [1.165, 1.54) is 18.2 Å². The lowest BCUT2D eigenvalue weighted by atomic mass is 10.0. The predicted molar refractivity (Wildman–Crippen MR) is 46.1 cm³/mol. The second-order valence-electron chi connectivity index (χ2n) is 2.60. The summed E-state index contributed by atoms with van der Waals surface area (Å²) in [6.07, 6.45) is 0.849. The summed E-state index contributed by atoms with van der Waals surface area (Å²) in [6.45, 7) is 3.19. The van der Waals surface area contributed by atoms with Crippen molar-refractivity contribution in [2.75, 3.05) is 0 Å². The molecule has 0 amide bonds. The zero-order valence-electron chi connectivity index (χ0n) is 6.81. The van der Waals surface area contributed by atoms with Gasteiger partial charge >= 0.3 is 0 Å². The molecule has 4 nitrogen and oxygen atoms in total. The largest absolute Gasteiger partial charge is 0.504 e. The molecule has 0 spiro atoms. The Balaban J connectivity index is 3.30. The van der Waals surface area contributed by atoms with Gasteiger partial charge in [-0.2, -0.15) is 0 Å². The van der Waals surface area contributed by atoms with E-state index in [-0.39, 0.29) is 5.56 Å². The molecular formula is C9H10O4. The van der Waals surface area contributed by atoms with Gasteiger partial charge in [0, 0.05) is 0 Å². The third kappa shape index (κ3) is 1.63. The van der Waals surface area contributed by atoms with Gasteiger partial charge in [0.25, 0.3) is 0 Å². The van der Waals surface area contributed by atoms with Crippen LogP contribution in [-0.2, 0) is 5.79 Å². The first-order chi connectivity index (χ1) is 5.99. The van der Waals surface area contributed by atoms with Crippen molar-refractivity contribution in [3.63, 3.8) is 0 Å². The predicted octanol–water partition coefficient (Wildman–Crippen LogP) is 0.421. The number of rotatable bonds is 2. The number of aliphatic hydroxyl groups is 2. The molecule has 0 heterocycles. The van der Waals surface area contributed by atoms with E-state index >= 15 is 0 Å². The van der Waals surface area contributed by atoms with Crippen molar-refractivity contribution in [1.29, 1.82) is 0 Å². The minimum atomic E-state index is -2.33. The molecular weight excluding hydrogens is 172 g/mol. The summed E-state index contributed by atoms with van der Waals surface area (Å²) >= 11 is 0. The number of para-hydroxylation sites is 1. The van der Waals surface area contributed by atoms with E-state index < -0.39 is 17.3 Å². The summed E-state index contributed by atoms with van der Waals surface area (Å²) in [4.78, 5) is 0. The van der Waals surface area contributed by atoms with E-state index in [4.69, 9.17) is 5.11 Å². The standard InChI is InChI=1S/C9H10O4/c1-2-9(12,13)6-4-3-5-7(10)8(6)11/h2-5,10-13H,1H2. The van der Waals surface area contributed by atoms with E-state index in [9.17, 15) is 15.3 Å². The lowest BCUT2D eigenvalue weighted by Gasteiger charge is -2.18. The molecule has 0 saturated carbocycles. The highest BCUT2D eigenvalue weighted by molar-refractivity contribution is 5.47.